The van der Waals surface area contributed by atoms with E-state index >= 15 is 0 Å². The molecule has 1 aromatic heterocycles. The summed E-state index contributed by atoms with van der Waals surface area (Å²) < 4.78 is 48.1. The maximum absolute atomic E-state index is 12.4. The van der Waals surface area contributed by atoms with Gasteiger partial charge in [-0.05, 0) is 0 Å². The molecule has 0 amide bonds. The van der Waals surface area contributed by atoms with E-state index < -0.39 is 17.4 Å². The summed E-state index contributed by atoms with van der Waals surface area (Å²) in [5.74, 6) is -4.25. The first-order valence-corrected chi connectivity index (χ1v) is 3.51. The Morgan fingerprint density at radius 2 is 1.92 bits per heavy atom. The summed E-state index contributed by atoms with van der Waals surface area (Å²) in [7, 11) is 0. The van der Waals surface area contributed by atoms with Crippen LogP contribution in [0.2, 0.25) is 0 Å². The fourth-order valence-corrected chi connectivity index (χ4v) is 1.05. The second kappa shape index (κ2) is 2.85. The molecule has 0 aliphatic rings. The minimum absolute atomic E-state index is 0.249. The van der Waals surface area contributed by atoms with E-state index in [9.17, 15) is 17.6 Å². The molecule has 8 heteroatoms. The summed E-state index contributed by atoms with van der Waals surface area (Å²) in [5.41, 5.74) is 4.94. The predicted molar refractivity (Wildman–Crippen MR) is 34.2 cm³/mol. The van der Waals surface area contributed by atoms with Gasteiger partial charge in [-0.2, -0.15) is 8.78 Å². The first-order valence-electron chi connectivity index (χ1n) is 2.70. The van der Waals surface area contributed by atoms with E-state index in [1.165, 1.54) is 0 Å². The number of alkyl halides is 4. The normalized spacial score (nSPS) is 12.4. The molecule has 1 aromatic rings. The third-order valence-electron chi connectivity index (χ3n) is 1.000. The number of hydrogen-bond donors (Lipinski definition) is 1. The van der Waals surface area contributed by atoms with Crippen LogP contribution in [0.1, 0.15) is 5.01 Å². The Morgan fingerprint density at radius 1 is 1.33 bits per heavy atom. The molecule has 12 heavy (non-hydrogen) atoms. The number of hydrogen-bond acceptors (Lipinski definition) is 4. The average molecular weight is 201 g/mol. The molecule has 2 N–H and O–H groups in total. The minimum atomic E-state index is -4.25. The Labute approximate surface area is 68.2 Å². The van der Waals surface area contributed by atoms with E-state index in [4.69, 9.17) is 5.73 Å². The van der Waals surface area contributed by atoms with Gasteiger partial charge in [0, 0.05) is 0 Å². The van der Waals surface area contributed by atoms with Crippen molar-refractivity contribution >= 4 is 16.5 Å². The van der Waals surface area contributed by atoms with Crippen LogP contribution < -0.4 is 5.73 Å². The molecule has 0 radical (unpaired) electrons. The number of anilines is 1. The zero-order chi connectivity index (χ0) is 9.35. The molecule has 0 unspecified atom stereocenters. The summed E-state index contributed by atoms with van der Waals surface area (Å²) >= 11 is 0.249. The number of nitrogen functional groups attached to an aromatic ring is 1. The van der Waals surface area contributed by atoms with Gasteiger partial charge < -0.3 is 5.73 Å². The topological polar surface area (TPSA) is 51.8 Å². The Kier molecular flexibility index (Phi) is 2.18. The standard InChI is InChI=1S/C4H3F4N3S/c5-1(6)4(7,8)2-10-11-3(9)12-2/h1H,(H2,9,11). The molecular formula is C4H3F4N3S. The lowest BCUT2D eigenvalue weighted by atomic mass is 10.4. The molecule has 0 aromatic carbocycles. The highest BCUT2D eigenvalue weighted by Crippen LogP contribution is 2.36. The quantitative estimate of drug-likeness (QED) is 0.737. The zero-order valence-electron chi connectivity index (χ0n) is 5.47. The Morgan fingerprint density at radius 3 is 2.25 bits per heavy atom. The summed E-state index contributed by atoms with van der Waals surface area (Å²) in [6.07, 6.45) is -3.79. The van der Waals surface area contributed by atoms with Gasteiger partial charge in [0.25, 0.3) is 0 Å². The van der Waals surface area contributed by atoms with E-state index in [2.05, 4.69) is 10.2 Å². The lowest BCUT2D eigenvalue weighted by molar-refractivity contribution is -0.135. The molecule has 3 nitrogen and oxygen atoms in total. The third-order valence-corrected chi connectivity index (χ3v) is 1.84. The van der Waals surface area contributed by atoms with Crippen LogP contribution in [0.4, 0.5) is 22.7 Å². The highest BCUT2D eigenvalue weighted by atomic mass is 32.1. The average Bonchev–Trinajstić information content (AvgIpc) is 2.35. The van der Waals surface area contributed by atoms with Crippen LogP contribution in [0.25, 0.3) is 0 Å². The van der Waals surface area contributed by atoms with E-state index in [1.807, 2.05) is 0 Å². The smallest absolute Gasteiger partial charge is 0.360 e. The number of nitrogens with zero attached hydrogens (tertiary/aromatic N) is 2. The van der Waals surface area contributed by atoms with Crippen LogP contribution in [-0.2, 0) is 5.92 Å². The first-order chi connectivity index (χ1) is 5.44. The number of rotatable bonds is 2. The van der Waals surface area contributed by atoms with Crippen LogP contribution >= 0.6 is 11.3 Å². The highest BCUT2D eigenvalue weighted by molar-refractivity contribution is 7.15. The van der Waals surface area contributed by atoms with Crippen molar-refractivity contribution in [3.63, 3.8) is 0 Å². The van der Waals surface area contributed by atoms with Gasteiger partial charge in [-0.15, -0.1) is 10.2 Å². The Balaban J connectivity index is 2.97. The molecule has 0 bridgehead atoms. The molecule has 1 heterocycles. The van der Waals surface area contributed by atoms with Crippen molar-refractivity contribution in [1.82, 2.24) is 10.2 Å². The van der Waals surface area contributed by atoms with Gasteiger partial charge in [-0.25, -0.2) is 8.78 Å². The number of aromatic nitrogens is 2. The summed E-state index contributed by atoms with van der Waals surface area (Å²) in [5, 5.41) is 4.50. The molecule has 0 aliphatic carbocycles. The van der Waals surface area contributed by atoms with E-state index in [0.29, 0.717) is 0 Å². The van der Waals surface area contributed by atoms with Crippen molar-refractivity contribution in [2.75, 3.05) is 5.73 Å². The van der Waals surface area contributed by atoms with Gasteiger partial charge in [0.15, 0.2) is 5.01 Å². The molecule has 1 rings (SSSR count). The molecule has 0 saturated heterocycles. The lowest BCUT2D eigenvalue weighted by Crippen LogP contribution is -2.23. The maximum atomic E-state index is 12.4. The monoisotopic (exact) mass is 201 g/mol. The van der Waals surface area contributed by atoms with Gasteiger partial charge in [-0.1, -0.05) is 11.3 Å². The molecule has 0 saturated carbocycles. The molecule has 0 fully saturated rings. The van der Waals surface area contributed by atoms with Crippen LogP contribution in [0.5, 0.6) is 0 Å². The van der Waals surface area contributed by atoms with Crippen LogP contribution in [0.3, 0.4) is 0 Å². The largest absolute Gasteiger partial charge is 0.374 e. The SMILES string of the molecule is Nc1nnc(C(F)(F)C(F)F)s1. The maximum Gasteiger partial charge on any atom is 0.360 e. The second-order valence-electron chi connectivity index (χ2n) is 1.87. The van der Waals surface area contributed by atoms with Crippen molar-refractivity contribution in [2.24, 2.45) is 0 Å². The zero-order valence-corrected chi connectivity index (χ0v) is 6.29. The van der Waals surface area contributed by atoms with Gasteiger partial charge in [-0.3, -0.25) is 0 Å². The molecular weight excluding hydrogens is 198 g/mol. The van der Waals surface area contributed by atoms with Crippen molar-refractivity contribution < 1.29 is 17.6 Å². The van der Waals surface area contributed by atoms with Crippen molar-refractivity contribution in [3.8, 4) is 0 Å². The van der Waals surface area contributed by atoms with Crippen molar-refractivity contribution in [1.29, 1.82) is 0 Å². The molecule has 0 atom stereocenters. The fourth-order valence-electron chi connectivity index (χ4n) is 0.463. The third kappa shape index (κ3) is 1.47. The molecule has 68 valence electrons. The van der Waals surface area contributed by atoms with Crippen LogP contribution in [0, 0.1) is 0 Å². The van der Waals surface area contributed by atoms with E-state index in [0.717, 1.165) is 0 Å². The van der Waals surface area contributed by atoms with Gasteiger partial charge in [0.1, 0.15) is 0 Å². The molecule has 0 spiro atoms. The van der Waals surface area contributed by atoms with Crippen LogP contribution in [0.15, 0.2) is 0 Å². The van der Waals surface area contributed by atoms with E-state index in [-0.39, 0.29) is 16.5 Å². The minimum Gasteiger partial charge on any atom is -0.374 e. The predicted octanol–water partition coefficient (Wildman–Crippen LogP) is 1.48. The summed E-state index contributed by atoms with van der Waals surface area (Å²) in [6.45, 7) is 0. The molecule has 0 aliphatic heterocycles. The highest BCUT2D eigenvalue weighted by Gasteiger charge is 2.46. The number of nitrogens with two attached hydrogens (primary N) is 1. The lowest BCUT2D eigenvalue weighted by Gasteiger charge is -2.09. The van der Waals surface area contributed by atoms with Crippen molar-refractivity contribution in [2.45, 2.75) is 12.3 Å². The Bertz CT molecular complexity index is 273. The fraction of sp³-hybridized carbons (Fsp3) is 0.500. The summed E-state index contributed by atoms with van der Waals surface area (Å²) in [6, 6.07) is 0. The second-order valence-corrected chi connectivity index (χ2v) is 2.88. The number of halogens is 4. The Hall–Kier alpha value is -0.920. The van der Waals surface area contributed by atoms with Gasteiger partial charge in [0.2, 0.25) is 5.13 Å². The van der Waals surface area contributed by atoms with Gasteiger partial charge in [0.05, 0.1) is 0 Å². The van der Waals surface area contributed by atoms with Gasteiger partial charge >= 0.3 is 12.3 Å². The van der Waals surface area contributed by atoms with Crippen LogP contribution in [-0.4, -0.2) is 16.6 Å². The van der Waals surface area contributed by atoms with Crippen molar-refractivity contribution in [3.05, 3.63) is 5.01 Å². The van der Waals surface area contributed by atoms with E-state index in [1.54, 1.807) is 0 Å². The first kappa shape index (κ1) is 9.17. The summed E-state index contributed by atoms with van der Waals surface area (Å²) in [4.78, 5) is 0.